The Morgan fingerprint density at radius 2 is 1.78 bits per heavy atom. The van der Waals surface area contributed by atoms with Crippen LogP contribution in [0.3, 0.4) is 0 Å². The van der Waals surface area contributed by atoms with Gasteiger partial charge in [0.15, 0.2) is 5.82 Å². The molecule has 5 heteroatoms. The predicted molar refractivity (Wildman–Crippen MR) is 91.1 cm³/mol. The van der Waals surface area contributed by atoms with Gasteiger partial charge >= 0.3 is 0 Å². The molecule has 1 aromatic carbocycles. The monoisotopic (exact) mass is 309 g/mol. The van der Waals surface area contributed by atoms with Crippen molar-refractivity contribution in [1.82, 2.24) is 19.9 Å². The molecule has 2 aliphatic rings. The number of aromatic nitrogens is 3. The summed E-state index contributed by atoms with van der Waals surface area (Å²) < 4.78 is 0. The molecule has 2 aliphatic heterocycles. The smallest absolute Gasteiger partial charge is 0.226 e. The van der Waals surface area contributed by atoms with E-state index < -0.39 is 0 Å². The molecule has 3 atom stereocenters. The van der Waals surface area contributed by atoms with Crippen LogP contribution in [0.5, 0.6) is 0 Å². The molecule has 3 heterocycles. The summed E-state index contributed by atoms with van der Waals surface area (Å²) in [7, 11) is 2.28. The van der Waals surface area contributed by atoms with Crippen LogP contribution in [0.15, 0.2) is 36.7 Å². The van der Waals surface area contributed by atoms with E-state index in [1.807, 2.05) is 30.3 Å². The zero-order valence-corrected chi connectivity index (χ0v) is 13.5. The summed E-state index contributed by atoms with van der Waals surface area (Å²) in [5.74, 6) is 1.43. The Morgan fingerprint density at radius 3 is 2.52 bits per heavy atom. The molecule has 1 unspecified atom stereocenters. The highest BCUT2D eigenvalue weighted by Crippen LogP contribution is 2.33. The van der Waals surface area contributed by atoms with Gasteiger partial charge in [-0.3, -0.25) is 0 Å². The lowest BCUT2D eigenvalue weighted by molar-refractivity contribution is 0.0607. The van der Waals surface area contributed by atoms with Crippen molar-refractivity contribution in [2.75, 3.05) is 12.4 Å². The van der Waals surface area contributed by atoms with Gasteiger partial charge in [0.2, 0.25) is 5.95 Å². The van der Waals surface area contributed by atoms with Crippen LogP contribution in [0, 0.1) is 0 Å². The second kappa shape index (κ2) is 6.24. The zero-order valence-electron chi connectivity index (χ0n) is 13.5. The number of hydrogen-bond acceptors (Lipinski definition) is 5. The van der Waals surface area contributed by atoms with Gasteiger partial charge in [0, 0.05) is 23.7 Å². The highest BCUT2D eigenvalue weighted by Gasteiger charge is 2.36. The third-order valence-corrected chi connectivity index (χ3v) is 5.28. The van der Waals surface area contributed by atoms with E-state index in [0.717, 1.165) is 11.4 Å². The maximum absolute atomic E-state index is 4.60. The van der Waals surface area contributed by atoms with Crippen LogP contribution in [0.1, 0.15) is 32.1 Å². The van der Waals surface area contributed by atoms with Crippen molar-refractivity contribution in [1.29, 1.82) is 0 Å². The SMILES string of the molecule is CN1[C@@H]2CCC[C@H]1CC(Nc1ncnc(-c3ccccc3)n1)C2. The number of hydrogen-bond donors (Lipinski definition) is 1. The lowest BCUT2D eigenvalue weighted by Crippen LogP contribution is -2.52. The number of anilines is 1. The molecular formula is C18H23N5. The molecule has 0 radical (unpaired) electrons. The van der Waals surface area contributed by atoms with Crippen molar-refractivity contribution >= 4 is 5.95 Å². The molecule has 2 fully saturated rings. The first-order chi connectivity index (χ1) is 11.3. The average molecular weight is 309 g/mol. The molecule has 5 nitrogen and oxygen atoms in total. The van der Waals surface area contributed by atoms with Gasteiger partial charge in [-0.05, 0) is 32.7 Å². The van der Waals surface area contributed by atoms with Crippen molar-refractivity contribution < 1.29 is 0 Å². The number of piperidine rings is 2. The maximum atomic E-state index is 4.60. The fourth-order valence-corrected chi connectivity index (χ4v) is 4.01. The molecule has 1 N–H and O–H groups in total. The van der Waals surface area contributed by atoms with Crippen molar-refractivity contribution in [3.8, 4) is 11.4 Å². The largest absolute Gasteiger partial charge is 0.351 e. The summed E-state index contributed by atoms with van der Waals surface area (Å²) in [5.41, 5.74) is 1.03. The van der Waals surface area contributed by atoms with Gasteiger partial charge in [0.25, 0.3) is 0 Å². The topological polar surface area (TPSA) is 53.9 Å². The molecule has 4 rings (SSSR count). The van der Waals surface area contributed by atoms with Gasteiger partial charge in [-0.2, -0.15) is 4.98 Å². The molecule has 23 heavy (non-hydrogen) atoms. The van der Waals surface area contributed by atoms with Crippen LogP contribution >= 0.6 is 0 Å². The number of benzene rings is 1. The summed E-state index contributed by atoms with van der Waals surface area (Å²) in [4.78, 5) is 15.8. The van der Waals surface area contributed by atoms with E-state index in [2.05, 4.69) is 32.2 Å². The van der Waals surface area contributed by atoms with Crippen LogP contribution in [0.25, 0.3) is 11.4 Å². The third-order valence-electron chi connectivity index (χ3n) is 5.28. The molecule has 2 bridgehead atoms. The van der Waals surface area contributed by atoms with Gasteiger partial charge < -0.3 is 10.2 Å². The third kappa shape index (κ3) is 3.06. The Hall–Kier alpha value is -2.01. The van der Waals surface area contributed by atoms with E-state index in [1.165, 1.54) is 32.1 Å². The van der Waals surface area contributed by atoms with Crippen molar-refractivity contribution in [2.45, 2.75) is 50.2 Å². The first-order valence-electron chi connectivity index (χ1n) is 8.52. The molecule has 2 saturated heterocycles. The molecule has 2 aromatic rings. The summed E-state index contributed by atoms with van der Waals surface area (Å²) >= 11 is 0. The Labute approximate surface area is 137 Å². The Kier molecular flexibility index (Phi) is 3.95. The molecule has 1 aromatic heterocycles. The predicted octanol–water partition coefficient (Wildman–Crippen LogP) is 2.97. The van der Waals surface area contributed by atoms with Crippen molar-refractivity contribution in [2.24, 2.45) is 0 Å². The summed E-state index contributed by atoms with van der Waals surface area (Å²) in [6, 6.07) is 11.9. The minimum atomic E-state index is 0.465. The van der Waals surface area contributed by atoms with Gasteiger partial charge in [-0.25, -0.2) is 9.97 Å². The van der Waals surface area contributed by atoms with Gasteiger partial charge in [0.1, 0.15) is 6.33 Å². The fraction of sp³-hybridized carbons (Fsp3) is 0.500. The molecule has 120 valence electrons. The van der Waals surface area contributed by atoms with Crippen LogP contribution in [0.4, 0.5) is 5.95 Å². The van der Waals surface area contributed by atoms with E-state index in [-0.39, 0.29) is 0 Å². The summed E-state index contributed by atoms with van der Waals surface area (Å²) in [6.07, 6.45) is 7.97. The van der Waals surface area contributed by atoms with Gasteiger partial charge in [-0.1, -0.05) is 36.8 Å². The fourth-order valence-electron chi connectivity index (χ4n) is 4.01. The average Bonchev–Trinajstić information content (AvgIpc) is 2.57. The molecule has 0 saturated carbocycles. The van der Waals surface area contributed by atoms with Crippen molar-refractivity contribution in [3.05, 3.63) is 36.7 Å². The number of fused-ring (bicyclic) bond motifs is 2. The molecular weight excluding hydrogens is 286 g/mol. The van der Waals surface area contributed by atoms with E-state index in [9.17, 15) is 0 Å². The summed E-state index contributed by atoms with van der Waals surface area (Å²) in [5, 5.41) is 3.55. The van der Waals surface area contributed by atoms with Crippen LogP contribution in [-0.4, -0.2) is 45.0 Å². The van der Waals surface area contributed by atoms with E-state index in [0.29, 0.717) is 24.1 Å². The van der Waals surface area contributed by atoms with E-state index >= 15 is 0 Å². The minimum Gasteiger partial charge on any atom is -0.351 e. The quantitative estimate of drug-likeness (QED) is 0.944. The first-order valence-corrected chi connectivity index (χ1v) is 8.52. The van der Waals surface area contributed by atoms with E-state index in [4.69, 9.17) is 0 Å². The van der Waals surface area contributed by atoms with Crippen LogP contribution in [0.2, 0.25) is 0 Å². The Morgan fingerprint density at radius 1 is 1.04 bits per heavy atom. The second-order valence-corrected chi connectivity index (χ2v) is 6.72. The maximum Gasteiger partial charge on any atom is 0.226 e. The van der Waals surface area contributed by atoms with Crippen LogP contribution < -0.4 is 5.32 Å². The standard InChI is InChI=1S/C18H23N5/c1-23-15-8-5-9-16(23)11-14(10-15)21-18-20-12-19-17(22-18)13-6-3-2-4-7-13/h2-4,6-7,12,14-16H,5,8-11H2,1H3,(H,19,20,21,22)/t14?,15-,16+. The molecule has 0 spiro atoms. The van der Waals surface area contributed by atoms with Gasteiger partial charge in [-0.15, -0.1) is 0 Å². The number of rotatable bonds is 3. The Bertz CT molecular complexity index is 645. The highest BCUT2D eigenvalue weighted by molar-refractivity contribution is 5.55. The lowest BCUT2D eigenvalue weighted by atomic mass is 9.82. The van der Waals surface area contributed by atoms with Crippen molar-refractivity contribution in [3.63, 3.8) is 0 Å². The lowest BCUT2D eigenvalue weighted by Gasteiger charge is -2.47. The van der Waals surface area contributed by atoms with Gasteiger partial charge in [0.05, 0.1) is 0 Å². The number of nitrogens with zero attached hydrogens (tertiary/aromatic N) is 4. The highest BCUT2D eigenvalue weighted by atomic mass is 15.2. The van der Waals surface area contributed by atoms with E-state index in [1.54, 1.807) is 6.33 Å². The first kappa shape index (κ1) is 14.6. The second-order valence-electron chi connectivity index (χ2n) is 6.72. The van der Waals surface area contributed by atoms with Crippen LogP contribution in [-0.2, 0) is 0 Å². The molecule has 0 aliphatic carbocycles. The zero-order chi connectivity index (χ0) is 15.6. The molecule has 0 amide bonds. The summed E-state index contributed by atoms with van der Waals surface area (Å²) in [6.45, 7) is 0. The normalized spacial score (nSPS) is 27.6. The number of nitrogens with one attached hydrogen (secondary N) is 1. The minimum absolute atomic E-state index is 0.465. The Balaban J connectivity index is 1.49.